The Labute approximate surface area is 135 Å². The van der Waals surface area contributed by atoms with Gasteiger partial charge in [-0.15, -0.1) is 0 Å². The highest BCUT2D eigenvalue weighted by atomic mass is 79.9. The second-order valence-electron chi connectivity index (χ2n) is 5.39. The summed E-state index contributed by atoms with van der Waals surface area (Å²) in [5, 5.41) is 16.8. The van der Waals surface area contributed by atoms with Gasteiger partial charge in [-0.05, 0) is 27.6 Å². The highest BCUT2D eigenvalue weighted by molar-refractivity contribution is 9.10. The number of anilines is 1. The number of hydrogen-bond acceptors (Lipinski definition) is 4. The number of halogens is 1. The lowest BCUT2D eigenvalue weighted by atomic mass is 10.00. The highest BCUT2D eigenvalue weighted by Gasteiger charge is 2.37. The minimum absolute atomic E-state index is 0.0414. The third kappa shape index (κ3) is 2.96. The lowest BCUT2D eigenvalue weighted by Gasteiger charge is -2.16. The van der Waals surface area contributed by atoms with Crippen LogP contribution in [-0.2, 0) is 16.0 Å². The molecule has 8 heteroatoms. The summed E-state index contributed by atoms with van der Waals surface area (Å²) in [4.78, 5) is 33.6. The molecule has 0 spiro atoms. The zero-order chi connectivity index (χ0) is 16.6. The molecule has 1 aliphatic rings. The number of carbonyl (C=O) groups excluding carboxylic acids is 2. The summed E-state index contributed by atoms with van der Waals surface area (Å²) in [6, 6.07) is 1.59. The van der Waals surface area contributed by atoms with Crippen LogP contribution in [-0.4, -0.2) is 22.8 Å². The SMILES string of the molecule is CC(=O)Nc1c(Br)cc2c(c1[N+](=O)[O-])CC(NC(C)=O)C2C. The molecule has 2 unspecified atom stereocenters. The number of amides is 2. The van der Waals surface area contributed by atoms with Crippen LogP contribution in [0.3, 0.4) is 0 Å². The molecular formula is C14H16BrN3O4. The van der Waals surface area contributed by atoms with Gasteiger partial charge in [0.2, 0.25) is 11.8 Å². The molecule has 2 atom stereocenters. The summed E-state index contributed by atoms with van der Waals surface area (Å²) in [7, 11) is 0. The number of hydrogen-bond donors (Lipinski definition) is 2. The van der Waals surface area contributed by atoms with E-state index in [1.807, 2.05) is 6.92 Å². The van der Waals surface area contributed by atoms with Gasteiger partial charge in [0.1, 0.15) is 5.69 Å². The number of benzene rings is 1. The number of nitro groups is 1. The predicted octanol–water partition coefficient (Wildman–Crippen LogP) is 2.48. The standard InChI is InChI=1S/C14H16BrN3O4/c1-6-9-4-11(15)13(17-8(3)20)14(18(21)22)10(9)5-12(6)16-7(2)19/h4,6,12H,5H2,1-3H3,(H,16,19)(H,17,20). The predicted molar refractivity (Wildman–Crippen MR) is 84.8 cm³/mol. The van der Waals surface area contributed by atoms with E-state index in [-0.39, 0.29) is 35.1 Å². The minimum atomic E-state index is -0.488. The van der Waals surface area contributed by atoms with Gasteiger partial charge in [0.25, 0.3) is 5.69 Å². The first kappa shape index (κ1) is 16.4. The van der Waals surface area contributed by atoms with Crippen molar-refractivity contribution < 1.29 is 14.5 Å². The molecule has 1 aromatic rings. The lowest BCUT2D eigenvalue weighted by Crippen LogP contribution is -2.35. The Morgan fingerprint density at radius 3 is 2.50 bits per heavy atom. The Bertz CT molecular complexity index is 675. The fourth-order valence-electron chi connectivity index (χ4n) is 2.86. The van der Waals surface area contributed by atoms with E-state index < -0.39 is 4.92 Å². The molecule has 1 aliphatic carbocycles. The molecule has 7 nitrogen and oxygen atoms in total. The van der Waals surface area contributed by atoms with Gasteiger partial charge >= 0.3 is 0 Å². The monoisotopic (exact) mass is 369 g/mol. The van der Waals surface area contributed by atoms with Crippen LogP contribution >= 0.6 is 15.9 Å². The van der Waals surface area contributed by atoms with E-state index in [1.165, 1.54) is 13.8 Å². The van der Waals surface area contributed by atoms with E-state index in [4.69, 9.17) is 0 Å². The van der Waals surface area contributed by atoms with Crippen LogP contribution in [0, 0.1) is 10.1 Å². The minimum Gasteiger partial charge on any atom is -0.353 e. The molecule has 0 radical (unpaired) electrons. The molecule has 22 heavy (non-hydrogen) atoms. The van der Waals surface area contributed by atoms with Crippen LogP contribution in [0.5, 0.6) is 0 Å². The molecule has 2 rings (SSSR count). The molecule has 2 amide bonds. The van der Waals surface area contributed by atoms with E-state index in [9.17, 15) is 19.7 Å². The van der Waals surface area contributed by atoms with E-state index in [2.05, 4.69) is 26.6 Å². The Balaban J connectivity index is 2.57. The largest absolute Gasteiger partial charge is 0.353 e. The van der Waals surface area contributed by atoms with Gasteiger partial charge in [-0.2, -0.15) is 0 Å². The van der Waals surface area contributed by atoms with Crippen LogP contribution in [0.25, 0.3) is 0 Å². The average molecular weight is 370 g/mol. The van der Waals surface area contributed by atoms with Crippen LogP contribution in [0.2, 0.25) is 0 Å². The van der Waals surface area contributed by atoms with Gasteiger partial charge in [0, 0.05) is 42.3 Å². The summed E-state index contributed by atoms with van der Waals surface area (Å²) >= 11 is 3.29. The van der Waals surface area contributed by atoms with Crippen molar-refractivity contribution in [2.45, 2.75) is 39.2 Å². The van der Waals surface area contributed by atoms with Gasteiger partial charge in [-0.1, -0.05) is 6.92 Å². The third-order valence-electron chi connectivity index (χ3n) is 3.78. The molecule has 2 N–H and O–H groups in total. The molecular weight excluding hydrogens is 354 g/mol. The Hall–Kier alpha value is -1.96. The summed E-state index contributed by atoms with van der Waals surface area (Å²) in [6.07, 6.45) is 0.367. The van der Waals surface area contributed by atoms with Gasteiger partial charge in [0.05, 0.1) is 4.92 Å². The first-order chi connectivity index (χ1) is 10.2. The van der Waals surface area contributed by atoms with Gasteiger partial charge in [-0.3, -0.25) is 19.7 Å². The average Bonchev–Trinajstić information content (AvgIpc) is 2.66. The third-order valence-corrected chi connectivity index (χ3v) is 4.41. The number of carbonyl (C=O) groups is 2. The van der Waals surface area contributed by atoms with Crippen LogP contribution in [0.4, 0.5) is 11.4 Å². The molecule has 0 saturated heterocycles. The molecule has 0 saturated carbocycles. The quantitative estimate of drug-likeness (QED) is 0.630. The first-order valence-corrected chi connectivity index (χ1v) is 7.56. The fourth-order valence-corrected chi connectivity index (χ4v) is 3.40. The van der Waals surface area contributed by atoms with Crippen molar-refractivity contribution in [3.63, 3.8) is 0 Å². The van der Waals surface area contributed by atoms with Crippen molar-refractivity contribution in [2.24, 2.45) is 0 Å². The van der Waals surface area contributed by atoms with Crippen molar-refractivity contribution in [1.29, 1.82) is 0 Å². The number of nitrogens with one attached hydrogen (secondary N) is 2. The van der Waals surface area contributed by atoms with E-state index in [0.717, 1.165) is 5.56 Å². The van der Waals surface area contributed by atoms with Crippen LogP contribution < -0.4 is 10.6 Å². The molecule has 0 aromatic heterocycles. The molecule has 0 heterocycles. The summed E-state index contributed by atoms with van der Waals surface area (Å²) in [5.41, 5.74) is 1.42. The number of rotatable bonds is 3. The van der Waals surface area contributed by atoms with Crippen molar-refractivity contribution >= 4 is 39.1 Å². The van der Waals surface area contributed by atoms with E-state index >= 15 is 0 Å². The van der Waals surface area contributed by atoms with Gasteiger partial charge in [0.15, 0.2) is 0 Å². The molecule has 1 aromatic carbocycles. The summed E-state index contributed by atoms with van der Waals surface area (Å²) in [5.74, 6) is -0.595. The van der Waals surface area contributed by atoms with E-state index in [1.54, 1.807) is 6.07 Å². The van der Waals surface area contributed by atoms with Crippen molar-refractivity contribution in [1.82, 2.24) is 5.32 Å². The Morgan fingerprint density at radius 2 is 2.00 bits per heavy atom. The normalized spacial score (nSPS) is 19.5. The smallest absolute Gasteiger partial charge is 0.297 e. The second-order valence-corrected chi connectivity index (χ2v) is 6.24. The maximum absolute atomic E-state index is 11.5. The topological polar surface area (TPSA) is 101 Å². The van der Waals surface area contributed by atoms with E-state index in [0.29, 0.717) is 16.5 Å². The Morgan fingerprint density at radius 1 is 1.36 bits per heavy atom. The number of nitro benzene ring substituents is 1. The molecule has 0 aliphatic heterocycles. The summed E-state index contributed by atoms with van der Waals surface area (Å²) < 4.78 is 0.462. The molecule has 118 valence electrons. The zero-order valence-electron chi connectivity index (χ0n) is 12.4. The maximum atomic E-state index is 11.5. The fraction of sp³-hybridized carbons (Fsp3) is 0.429. The first-order valence-electron chi connectivity index (χ1n) is 6.76. The van der Waals surface area contributed by atoms with Crippen molar-refractivity contribution in [3.8, 4) is 0 Å². The van der Waals surface area contributed by atoms with Crippen molar-refractivity contribution in [3.05, 3.63) is 31.8 Å². The Kier molecular flexibility index (Phi) is 4.50. The van der Waals surface area contributed by atoms with Crippen molar-refractivity contribution in [2.75, 3.05) is 5.32 Å². The number of fused-ring (bicyclic) bond motifs is 1. The molecule has 0 bridgehead atoms. The van der Waals surface area contributed by atoms with Gasteiger partial charge in [-0.25, -0.2) is 0 Å². The molecule has 0 fully saturated rings. The van der Waals surface area contributed by atoms with Gasteiger partial charge < -0.3 is 10.6 Å². The summed E-state index contributed by atoms with van der Waals surface area (Å²) in [6.45, 7) is 4.63. The lowest BCUT2D eigenvalue weighted by molar-refractivity contribution is -0.384. The van der Waals surface area contributed by atoms with Crippen LogP contribution in [0.1, 0.15) is 37.8 Å². The zero-order valence-corrected chi connectivity index (χ0v) is 14.0. The maximum Gasteiger partial charge on any atom is 0.297 e. The van der Waals surface area contributed by atoms with Crippen LogP contribution in [0.15, 0.2) is 10.5 Å². The second kappa shape index (κ2) is 6.04. The highest BCUT2D eigenvalue weighted by Crippen LogP contribution is 2.45. The number of nitrogens with zero attached hydrogens (tertiary/aromatic N) is 1.